The SMILES string of the molecule is CCCNc1nnc(SCc2ccc(Cl)c3cccnc23)s1. The molecule has 0 amide bonds. The average Bonchev–Trinajstić information content (AvgIpc) is 3.00. The largest absolute Gasteiger partial charge is 0.360 e. The number of anilines is 1. The van der Waals surface area contributed by atoms with Gasteiger partial charge in [-0.3, -0.25) is 4.98 Å². The lowest BCUT2D eigenvalue weighted by Gasteiger charge is -2.05. The summed E-state index contributed by atoms with van der Waals surface area (Å²) in [5.41, 5.74) is 2.11. The molecule has 2 aromatic heterocycles. The molecule has 0 aliphatic heterocycles. The van der Waals surface area contributed by atoms with Gasteiger partial charge >= 0.3 is 0 Å². The molecule has 7 heteroatoms. The Morgan fingerprint density at radius 3 is 3.05 bits per heavy atom. The van der Waals surface area contributed by atoms with E-state index < -0.39 is 0 Å². The molecule has 0 atom stereocenters. The molecule has 0 bridgehead atoms. The molecule has 0 radical (unpaired) electrons. The summed E-state index contributed by atoms with van der Waals surface area (Å²) in [5.74, 6) is 0.799. The monoisotopic (exact) mass is 350 g/mol. The molecule has 2 heterocycles. The lowest BCUT2D eigenvalue weighted by atomic mass is 10.1. The second kappa shape index (κ2) is 7.26. The molecule has 114 valence electrons. The lowest BCUT2D eigenvalue weighted by molar-refractivity contribution is 0.951. The van der Waals surface area contributed by atoms with Crippen LogP contribution in [0.5, 0.6) is 0 Å². The van der Waals surface area contributed by atoms with Crippen molar-refractivity contribution in [3.8, 4) is 0 Å². The zero-order valence-electron chi connectivity index (χ0n) is 12.0. The van der Waals surface area contributed by atoms with Gasteiger partial charge in [0.05, 0.1) is 5.52 Å². The highest BCUT2D eigenvalue weighted by Gasteiger charge is 2.09. The van der Waals surface area contributed by atoms with Crippen molar-refractivity contribution >= 4 is 50.7 Å². The summed E-state index contributed by atoms with van der Waals surface area (Å²) in [7, 11) is 0. The van der Waals surface area contributed by atoms with Crippen molar-refractivity contribution in [2.45, 2.75) is 23.4 Å². The highest BCUT2D eigenvalue weighted by molar-refractivity contribution is 8.00. The Morgan fingerprint density at radius 2 is 2.18 bits per heavy atom. The van der Waals surface area contributed by atoms with E-state index in [1.54, 1.807) is 29.3 Å². The second-order valence-electron chi connectivity index (χ2n) is 4.69. The Bertz CT molecular complexity index is 775. The maximum atomic E-state index is 6.22. The Labute approximate surface area is 142 Å². The highest BCUT2D eigenvalue weighted by atomic mass is 35.5. The van der Waals surface area contributed by atoms with Crippen molar-refractivity contribution < 1.29 is 0 Å². The Balaban J connectivity index is 1.74. The smallest absolute Gasteiger partial charge is 0.206 e. The number of halogens is 1. The van der Waals surface area contributed by atoms with E-state index in [-0.39, 0.29) is 0 Å². The highest BCUT2D eigenvalue weighted by Crippen LogP contribution is 2.32. The van der Waals surface area contributed by atoms with Crippen molar-refractivity contribution in [3.63, 3.8) is 0 Å². The van der Waals surface area contributed by atoms with Crippen molar-refractivity contribution in [3.05, 3.63) is 41.0 Å². The minimum absolute atomic E-state index is 0.735. The zero-order valence-corrected chi connectivity index (χ0v) is 14.4. The fourth-order valence-electron chi connectivity index (χ4n) is 2.02. The van der Waals surface area contributed by atoms with Crippen molar-refractivity contribution in [2.24, 2.45) is 0 Å². The summed E-state index contributed by atoms with van der Waals surface area (Å²) in [6, 6.07) is 7.86. The average molecular weight is 351 g/mol. The third kappa shape index (κ3) is 3.51. The van der Waals surface area contributed by atoms with E-state index in [9.17, 15) is 0 Å². The van der Waals surface area contributed by atoms with Crippen LogP contribution in [0.25, 0.3) is 10.9 Å². The summed E-state index contributed by atoms with van der Waals surface area (Å²) in [6.07, 6.45) is 2.87. The zero-order chi connectivity index (χ0) is 15.4. The predicted octanol–water partition coefficient (Wildman–Crippen LogP) is 4.85. The first kappa shape index (κ1) is 15.5. The quantitative estimate of drug-likeness (QED) is 0.644. The molecule has 3 aromatic rings. The van der Waals surface area contributed by atoms with E-state index >= 15 is 0 Å². The minimum Gasteiger partial charge on any atom is -0.360 e. The molecule has 0 aliphatic carbocycles. The van der Waals surface area contributed by atoms with E-state index in [1.807, 2.05) is 24.3 Å². The van der Waals surface area contributed by atoms with E-state index in [1.165, 1.54) is 0 Å². The number of fused-ring (bicyclic) bond motifs is 1. The van der Waals surface area contributed by atoms with Gasteiger partial charge in [-0.1, -0.05) is 47.7 Å². The van der Waals surface area contributed by atoms with Crippen molar-refractivity contribution in [2.75, 3.05) is 11.9 Å². The van der Waals surface area contributed by atoms with E-state index in [0.29, 0.717) is 0 Å². The first-order chi connectivity index (χ1) is 10.8. The fraction of sp³-hybridized carbons (Fsp3) is 0.267. The second-order valence-corrected chi connectivity index (χ2v) is 7.30. The van der Waals surface area contributed by atoms with Crippen molar-refractivity contribution in [1.82, 2.24) is 15.2 Å². The molecular weight excluding hydrogens is 336 g/mol. The molecule has 0 saturated carbocycles. The maximum absolute atomic E-state index is 6.22. The van der Waals surface area contributed by atoms with Crippen LogP contribution in [0.2, 0.25) is 5.02 Å². The molecule has 4 nitrogen and oxygen atoms in total. The van der Waals surface area contributed by atoms with E-state index in [4.69, 9.17) is 11.6 Å². The van der Waals surface area contributed by atoms with Gasteiger partial charge in [0.2, 0.25) is 5.13 Å². The number of pyridine rings is 1. The number of thioether (sulfide) groups is 1. The summed E-state index contributed by atoms with van der Waals surface area (Å²) in [6.45, 7) is 3.05. The van der Waals surface area contributed by atoms with Gasteiger partial charge in [-0.2, -0.15) is 0 Å². The van der Waals surface area contributed by atoms with E-state index in [2.05, 4.69) is 27.4 Å². The summed E-state index contributed by atoms with van der Waals surface area (Å²) < 4.78 is 0.956. The van der Waals surface area contributed by atoms with Gasteiger partial charge in [-0.25, -0.2) is 0 Å². The Morgan fingerprint density at radius 1 is 1.27 bits per heavy atom. The van der Waals surface area contributed by atoms with Gasteiger partial charge in [-0.05, 0) is 30.2 Å². The number of benzene rings is 1. The molecule has 0 aliphatic rings. The van der Waals surface area contributed by atoms with Crippen LogP contribution in [0.1, 0.15) is 18.9 Å². The van der Waals surface area contributed by atoms with Gasteiger partial charge in [-0.15, -0.1) is 10.2 Å². The normalized spacial score (nSPS) is 11.0. The third-order valence-corrected chi connectivity index (χ3v) is 5.48. The molecule has 22 heavy (non-hydrogen) atoms. The molecule has 1 aromatic carbocycles. The summed E-state index contributed by atoms with van der Waals surface area (Å²) >= 11 is 9.48. The van der Waals surface area contributed by atoms with Crippen LogP contribution in [-0.4, -0.2) is 21.7 Å². The third-order valence-electron chi connectivity index (χ3n) is 3.08. The van der Waals surface area contributed by atoms with Crippen molar-refractivity contribution in [1.29, 1.82) is 0 Å². The number of hydrogen-bond acceptors (Lipinski definition) is 6. The van der Waals surface area contributed by atoms with Crippen LogP contribution >= 0.6 is 34.7 Å². The fourth-order valence-corrected chi connectivity index (χ4v) is 4.00. The number of rotatable bonds is 6. The predicted molar refractivity (Wildman–Crippen MR) is 95.0 cm³/mol. The first-order valence-electron chi connectivity index (χ1n) is 7.00. The Hall–Kier alpha value is -1.37. The summed E-state index contributed by atoms with van der Waals surface area (Å²) in [4.78, 5) is 4.46. The molecule has 3 rings (SSSR count). The number of aromatic nitrogens is 3. The van der Waals surface area contributed by atoms with Gasteiger partial charge in [0, 0.05) is 28.9 Å². The molecule has 0 fully saturated rings. The first-order valence-corrected chi connectivity index (χ1v) is 9.18. The lowest BCUT2D eigenvalue weighted by Crippen LogP contribution is -1.98. The van der Waals surface area contributed by atoms with Gasteiger partial charge < -0.3 is 5.32 Å². The molecule has 1 N–H and O–H groups in total. The van der Waals surface area contributed by atoms with Crippen LogP contribution in [0.4, 0.5) is 5.13 Å². The molecular formula is C15H15ClN4S2. The van der Waals surface area contributed by atoms with Crippen LogP contribution in [-0.2, 0) is 5.75 Å². The van der Waals surface area contributed by atoms with Crippen LogP contribution in [0.3, 0.4) is 0 Å². The number of nitrogens with one attached hydrogen (secondary N) is 1. The van der Waals surface area contributed by atoms with Crippen LogP contribution in [0.15, 0.2) is 34.8 Å². The minimum atomic E-state index is 0.735. The van der Waals surface area contributed by atoms with Gasteiger partial charge in [0.15, 0.2) is 4.34 Å². The topological polar surface area (TPSA) is 50.7 Å². The molecule has 0 spiro atoms. The number of hydrogen-bond donors (Lipinski definition) is 1. The summed E-state index contributed by atoms with van der Waals surface area (Å²) in [5, 5.41) is 14.2. The number of nitrogens with zero attached hydrogens (tertiary/aromatic N) is 3. The maximum Gasteiger partial charge on any atom is 0.206 e. The Kier molecular flexibility index (Phi) is 5.12. The standard InChI is InChI=1S/C15H15ClN4S2/c1-2-7-18-14-19-20-15(22-14)21-9-10-5-6-12(16)11-4-3-8-17-13(10)11/h3-6,8H,2,7,9H2,1H3,(H,18,19). The molecule has 0 unspecified atom stereocenters. The van der Waals surface area contributed by atoms with Crippen LogP contribution < -0.4 is 5.32 Å². The van der Waals surface area contributed by atoms with Gasteiger partial charge in [0.25, 0.3) is 0 Å². The molecule has 0 saturated heterocycles. The van der Waals surface area contributed by atoms with Crippen LogP contribution in [0, 0.1) is 0 Å². The van der Waals surface area contributed by atoms with Gasteiger partial charge in [0.1, 0.15) is 0 Å². The van der Waals surface area contributed by atoms with E-state index in [0.717, 1.165) is 49.7 Å².